The summed E-state index contributed by atoms with van der Waals surface area (Å²) in [5, 5.41) is 2.51. The molecule has 4 rings (SSSR count). The highest BCUT2D eigenvalue weighted by molar-refractivity contribution is 7.89. The van der Waals surface area contributed by atoms with E-state index in [-0.39, 0.29) is 72.8 Å². The van der Waals surface area contributed by atoms with Gasteiger partial charge in [-0.1, -0.05) is 11.6 Å². The van der Waals surface area contributed by atoms with Crippen molar-refractivity contribution in [1.29, 1.82) is 0 Å². The molecule has 0 bridgehead atoms. The summed E-state index contributed by atoms with van der Waals surface area (Å²) in [7, 11) is -2.72. The summed E-state index contributed by atoms with van der Waals surface area (Å²) >= 11 is 5.76. The van der Waals surface area contributed by atoms with Gasteiger partial charge in [-0.3, -0.25) is 9.69 Å². The van der Waals surface area contributed by atoms with Crippen LogP contribution in [0.2, 0.25) is 5.15 Å². The second-order valence-electron chi connectivity index (χ2n) is 8.15. The van der Waals surface area contributed by atoms with E-state index >= 15 is 0 Å². The highest BCUT2D eigenvalue weighted by atomic mass is 35.5. The van der Waals surface area contributed by atoms with Crippen molar-refractivity contribution in [2.24, 2.45) is 0 Å². The monoisotopic (exact) mass is 543 g/mol. The summed E-state index contributed by atoms with van der Waals surface area (Å²) < 4.78 is 66.7. The van der Waals surface area contributed by atoms with Gasteiger partial charge >= 0.3 is 6.18 Å². The Morgan fingerprint density at radius 1 is 1.14 bits per heavy atom. The van der Waals surface area contributed by atoms with Crippen molar-refractivity contribution in [3.63, 3.8) is 0 Å². The van der Waals surface area contributed by atoms with Gasteiger partial charge in [-0.25, -0.2) is 18.4 Å². The third-order valence-corrected chi connectivity index (χ3v) is 7.91. The van der Waals surface area contributed by atoms with Crippen LogP contribution in [0.3, 0.4) is 0 Å². The van der Waals surface area contributed by atoms with Crippen molar-refractivity contribution in [3.8, 4) is 0 Å². The molecule has 0 spiro atoms. The van der Waals surface area contributed by atoms with E-state index in [1.54, 1.807) is 4.90 Å². The third kappa shape index (κ3) is 5.63. The molecular weight excluding hydrogens is 524 g/mol. The van der Waals surface area contributed by atoms with E-state index < -0.39 is 21.8 Å². The molecule has 4 heterocycles. The summed E-state index contributed by atoms with van der Waals surface area (Å²) in [6.07, 6.45) is -2.67. The average molecular weight is 544 g/mol. The van der Waals surface area contributed by atoms with Crippen LogP contribution in [-0.4, -0.2) is 81.0 Å². The zero-order valence-corrected chi connectivity index (χ0v) is 20.2. The number of sulfonamides is 1. The molecule has 1 atom stereocenters. The zero-order chi connectivity index (χ0) is 26.1. The van der Waals surface area contributed by atoms with Gasteiger partial charge in [0.25, 0.3) is 7.41 Å². The Balaban J connectivity index is 1.42. The lowest BCUT2D eigenvalue weighted by molar-refractivity contribution is -0.137. The fourth-order valence-electron chi connectivity index (χ4n) is 4.02. The minimum atomic E-state index is -4.59. The number of nitrogens with one attached hydrogen (secondary N) is 1. The number of rotatable bonds is 7. The number of anilines is 2. The van der Waals surface area contributed by atoms with Crippen molar-refractivity contribution >= 4 is 52.8 Å². The first-order chi connectivity index (χ1) is 17.0. The van der Waals surface area contributed by atoms with Gasteiger partial charge in [-0.15, -0.1) is 0 Å². The molecule has 2 aromatic heterocycles. The largest absolute Gasteiger partial charge is 0.416 e. The van der Waals surface area contributed by atoms with E-state index in [0.29, 0.717) is 6.19 Å². The quantitative estimate of drug-likeness (QED) is 0.314. The maximum atomic E-state index is 13.1. The Labute approximate surface area is 210 Å². The minimum absolute atomic E-state index is 0.0187. The number of nitrogens with zero attached hydrogens (tertiary/aromatic N) is 5. The number of amides is 1. The first-order valence-electron chi connectivity index (χ1n) is 10.8. The second kappa shape index (κ2) is 10.3. The minimum Gasteiger partial charge on any atom is -0.354 e. The Kier molecular flexibility index (Phi) is 7.55. The van der Waals surface area contributed by atoms with Crippen LogP contribution in [0.4, 0.5) is 24.8 Å². The molecule has 2 fully saturated rings. The van der Waals surface area contributed by atoms with Gasteiger partial charge < -0.3 is 14.9 Å². The molecule has 16 heteroatoms. The van der Waals surface area contributed by atoms with Crippen LogP contribution in [0.25, 0.3) is 0 Å². The van der Waals surface area contributed by atoms with Gasteiger partial charge in [-0.2, -0.15) is 17.5 Å². The number of pyridine rings is 2. The van der Waals surface area contributed by atoms with Crippen LogP contribution in [0.15, 0.2) is 35.4 Å². The van der Waals surface area contributed by atoms with E-state index in [1.165, 1.54) is 28.8 Å². The normalized spacial score (nSPS) is 19.6. The van der Waals surface area contributed by atoms with Crippen LogP contribution >= 0.6 is 11.6 Å². The molecule has 2 aliphatic heterocycles. The molecule has 1 unspecified atom stereocenters. The Morgan fingerprint density at radius 3 is 2.47 bits per heavy atom. The van der Waals surface area contributed by atoms with Crippen molar-refractivity contribution in [3.05, 3.63) is 41.2 Å². The first-order valence-corrected chi connectivity index (χ1v) is 12.6. The maximum Gasteiger partial charge on any atom is 0.416 e. The van der Waals surface area contributed by atoms with Gasteiger partial charge in [0.05, 0.1) is 11.7 Å². The van der Waals surface area contributed by atoms with E-state index in [1.807, 2.05) is 0 Å². The number of carbonyl (C=O) groups is 2. The highest BCUT2D eigenvalue weighted by Gasteiger charge is 2.34. The van der Waals surface area contributed by atoms with E-state index in [0.717, 1.165) is 18.3 Å². The number of piperazine rings is 1. The summed E-state index contributed by atoms with van der Waals surface area (Å²) in [6, 6.07) is 4.14. The molecule has 1 N–H and O–H groups in total. The van der Waals surface area contributed by atoms with E-state index in [4.69, 9.17) is 11.6 Å². The first kappa shape index (κ1) is 26.3. The lowest BCUT2D eigenvalue weighted by Gasteiger charge is -2.34. The van der Waals surface area contributed by atoms with Gasteiger partial charge in [0.15, 0.2) is 0 Å². The maximum absolute atomic E-state index is 13.1. The summed E-state index contributed by atoms with van der Waals surface area (Å²) in [5.74, 6) is 0.0905. The smallest absolute Gasteiger partial charge is 0.354 e. The van der Waals surface area contributed by atoms with Crippen LogP contribution in [-0.2, 0) is 25.8 Å². The van der Waals surface area contributed by atoms with Crippen molar-refractivity contribution in [1.82, 2.24) is 19.5 Å². The Bertz CT molecular complexity index is 1240. The molecule has 1 amide bonds. The van der Waals surface area contributed by atoms with Gasteiger partial charge in [-0.05, 0) is 24.3 Å². The molecule has 0 aliphatic carbocycles. The highest BCUT2D eigenvalue weighted by Crippen LogP contribution is 2.33. The molecule has 36 heavy (non-hydrogen) atoms. The molecule has 2 aromatic rings. The molecule has 0 aromatic carbocycles. The lowest BCUT2D eigenvalue weighted by atomic mass is 9.96. The molecule has 191 valence electrons. The number of alkyl halides is 3. The van der Waals surface area contributed by atoms with Crippen LogP contribution in [0.5, 0.6) is 0 Å². The summed E-state index contributed by atoms with van der Waals surface area (Å²) in [4.78, 5) is 33.7. The third-order valence-electron chi connectivity index (χ3n) is 5.83. The van der Waals surface area contributed by atoms with Gasteiger partial charge in [0.1, 0.15) is 21.7 Å². The number of carbonyl (C=O) groups excluding carboxylic acids is 2. The summed E-state index contributed by atoms with van der Waals surface area (Å²) in [5.41, 5.74) is -0.931. The van der Waals surface area contributed by atoms with E-state index in [9.17, 15) is 31.2 Å². The number of aromatic nitrogens is 2. The number of hydrogen-bond donors (Lipinski definition) is 1. The number of hydrogen-bond acceptors (Lipinski definition) is 8. The van der Waals surface area contributed by atoms with Gasteiger partial charge in [0, 0.05) is 51.4 Å². The topological polar surface area (TPSA) is 116 Å². The number of halogens is 4. The fourth-order valence-corrected chi connectivity index (χ4v) is 5.59. The Morgan fingerprint density at radius 2 is 1.86 bits per heavy atom. The molecule has 1 radical (unpaired) electrons. The predicted octanol–water partition coefficient (Wildman–Crippen LogP) is 1.16. The Hall–Kier alpha value is -2.75. The van der Waals surface area contributed by atoms with Gasteiger partial charge in [0.2, 0.25) is 15.9 Å². The van der Waals surface area contributed by atoms with Crippen molar-refractivity contribution in [2.45, 2.75) is 23.5 Å². The summed E-state index contributed by atoms with van der Waals surface area (Å²) in [6.45, 7) is 0.543. The van der Waals surface area contributed by atoms with Crippen molar-refractivity contribution < 1.29 is 31.2 Å². The second-order valence-corrected chi connectivity index (χ2v) is 10.5. The standard InChI is InChI=1S/C20H20BClF3N6O4S/c22-16-7-13(20(23,24)25)8-18(27-16)29-3-5-30(6-4-29)36(34,35)15-1-2-17(26-10-15)31-11-14(9-19(31)33)28-21-12-32/h1-2,7-8,10,12,14,28H,3-6,9,11H2. The van der Waals surface area contributed by atoms with E-state index in [2.05, 4.69) is 15.2 Å². The van der Waals surface area contributed by atoms with Crippen LogP contribution in [0, 0.1) is 0 Å². The lowest BCUT2D eigenvalue weighted by Crippen LogP contribution is -2.49. The zero-order valence-electron chi connectivity index (χ0n) is 18.7. The average Bonchev–Trinajstić information content (AvgIpc) is 3.22. The molecular formula is C20H20BClF3N6O4S. The van der Waals surface area contributed by atoms with Crippen molar-refractivity contribution in [2.75, 3.05) is 42.5 Å². The predicted molar refractivity (Wildman–Crippen MR) is 126 cm³/mol. The molecule has 10 nitrogen and oxygen atoms in total. The van der Waals surface area contributed by atoms with Crippen LogP contribution in [0.1, 0.15) is 12.0 Å². The molecule has 2 saturated heterocycles. The molecule has 0 saturated carbocycles. The molecule has 2 aliphatic rings. The fraction of sp³-hybridized carbons (Fsp3) is 0.400. The SMILES string of the molecule is O=C[B]NC1CC(=O)N(c2ccc(S(=O)(=O)N3CCN(c4cc(C(F)(F)F)cc(Cl)n4)CC3)cn2)C1. The van der Waals surface area contributed by atoms with Crippen LogP contribution < -0.4 is 15.0 Å².